The largest absolute Gasteiger partial charge is 0.376 e. The maximum atomic E-state index is 10.7. The number of hydrogen-bond donors (Lipinski definition) is 0. The van der Waals surface area contributed by atoms with Crippen molar-refractivity contribution >= 4 is 23.6 Å². The Kier molecular flexibility index (Phi) is 3.69. The van der Waals surface area contributed by atoms with Crippen molar-refractivity contribution in [3.8, 4) is 0 Å². The molecule has 4 heteroatoms. The van der Waals surface area contributed by atoms with E-state index < -0.39 is 0 Å². The molecule has 1 aliphatic rings. The average molecular weight is 254 g/mol. The number of aldehydes is 1. The average Bonchev–Trinajstić information content (AvgIpc) is 2.74. The van der Waals surface area contributed by atoms with Gasteiger partial charge in [-0.3, -0.25) is 4.79 Å². The van der Waals surface area contributed by atoms with Gasteiger partial charge in [0.05, 0.1) is 22.9 Å². The SMILES string of the molecule is CC1OCCC1N(C)c1ccc(C=O)cc1Cl. The van der Waals surface area contributed by atoms with E-state index in [9.17, 15) is 4.79 Å². The number of ether oxygens (including phenoxy) is 1. The topological polar surface area (TPSA) is 29.5 Å². The lowest BCUT2D eigenvalue weighted by Crippen LogP contribution is -2.36. The van der Waals surface area contributed by atoms with E-state index in [2.05, 4.69) is 11.8 Å². The quantitative estimate of drug-likeness (QED) is 0.776. The van der Waals surface area contributed by atoms with Gasteiger partial charge in [0.25, 0.3) is 0 Å². The summed E-state index contributed by atoms with van der Waals surface area (Å²) in [5.41, 5.74) is 1.54. The molecule has 0 spiro atoms. The summed E-state index contributed by atoms with van der Waals surface area (Å²) in [4.78, 5) is 12.8. The molecule has 1 aromatic rings. The molecule has 1 aromatic carbocycles. The predicted molar refractivity (Wildman–Crippen MR) is 69.1 cm³/mol. The lowest BCUT2D eigenvalue weighted by atomic mass is 10.1. The minimum atomic E-state index is 0.210. The summed E-state index contributed by atoms with van der Waals surface area (Å²) in [5, 5.41) is 0.608. The number of benzene rings is 1. The second-order valence-electron chi connectivity index (χ2n) is 4.37. The van der Waals surface area contributed by atoms with Crippen LogP contribution in [0, 0.1) is 0 Å². The molecule has 1 aliphatic heterocycles. The molecule has 2 unspecified atom stereocenters. The molecule has 1 heterocycles. The summed E-state index contributed by atoms with van der Waals surface area (Å²) in [6, 6.07) is 5.71. The van der Waals surface area contributed by atoms with Crippen LogP contribution in [0.2, 0.25) is 5.02 Å². The highest BCUT2D eigenvalue weighted by molar-refractivity contribution is 6.33. The van der Waals surface area contributed by atoms with E-state index in [0.717, 1.165) is 25.0 Å². The fraction of sp³-hybridized carbons (Fsp3) is 0.462. The van der Waals surface area contributed by atoms with Gasteiger partial charge in [-0.1, -0.05) is 11.6 Å². The van der Waals surface area contributed by atoms with Gasteiger partial charge in [-0.05, 0) is 31.5 Å². The second kappa shape index (κ2) is 5.07. The standard InChI is InChI=1S/C13H16ClNO2/c1-9-12(5-6-17-9)15(2)13-4-3-10(8-16)7-11(13)14/h3-4,7-9,12H,5-6H2,1-2H3. The molecular weight excluding hydrogens is 238 g/mol. The normalized spacial score (nSPS) is 23.7. The van der Waals surface area contributed by atoms with Crippen molar-refractivity contribution in [3.05, 3.63) is 28.8 Å². The molecule has 0 aromatic heterocycles. The second-order valence-corrected chi connectivity index (χ2v) is 4.78. The van der Waals surface area contributed by atoms with Crippen LogP contribution in [0.1, 0.15) is 23.7 Å². The van der Waals surface area contributed by atoms with Crippen LogP contribution in [-0.4, -0.2) is 32.1 Å². The van der Waals surface area contributed by atoms with Crippen LogP contribution in [0.5, 0.6) is 0 Å². The van der Waals surface area contributed by atoms with Gasteiger partial charge >= 0.3 is 0 Å². The molecule has 0 saturated carbocycles. The van der Waals surface area contributed by atoms with Crippen LogP contribution in [0.4, 0.5) is 5.69 Å². The van der Waals surface area contributed by atoms with Crippen LogP contribution in [0.3, 0.4) is 0 Å². The molecule has 17 heavy (non-hydrogen) atoms. The van der Waals surface area contributed by atoms with E-state index in [1.54, 1.807) is 12.1 Å². The Labute approximate surface area is 106 Å². The van der Waals surface area contributed by atoms with Crippen molar-refractivity contribution < 1.29 is 9.53 Å². The highest BCUT2D eigenvalue weighted by Crippen LogP contribution is 2.30. The number of likely N-dealkylation sites (N-methyl/N-ethyl adjacent to an activating group) is 1. The molecule has 0 aliphatic carbocycles. The third kappa shape index (κ3) is 2.45. The number of carbonyl (C=O) groups excluding carboxylic acids is 1. The molecule has 2 atom stereocenters. The van der Waals surface area contributed by atoms with E-state index in [0.29, 0.717) is 16.6 Å². The van der Waals surface area contributed by atoms with E-state index in [1.807, 2.05) is 13.1 Å². The monoisotopic (exact) mass is 253 g/mol. The summed E-state index contributed by atoms with van der Waals surface area (Å²) in [6.45, 7) is 2.86. The number of rotatable bonds is 3. The van der Waals surface area contributed by atoms with Crippen LogP contribution < -0.4 is 4.90 Å². The molecule has 0 radical (unpaired) electrons. The summed E-state index contributed by atoms with van der Waals surface area (Å²) in [6.07, 6.45) is 2.02. The number of halogens is 1. The van der Waals surface area contributed by atoms with Gasteiger partial charge in [0.1, 0.15) is 6.29 Å². The molecular formula is C13H16ClNO2. The van der Waals surface area contributed by atoms with Gasteiger partial charge < -0.3 is 9.64 Å². The van der Waals surface area contributed by atoms with Gasteiger partial charge in [0, 0.05) is 19.2 Å². The minimum Gasteiger partial charge on any atom is -0.376 e. The zero-order valence-electron chi connectivity index (χ0n) is 10.0. The smallest absolute Gasteiger partial charge is 0.150 e. The first-order valence-corrected chi connectivity index (χ1v) is 6.10. The molecule has 1 fully saturated rings. The van der Waals surface area contributed by atoms with E-state index in [-0.39, 0.29) is 6.10 Å². The van der Waals surface area contributed by atoms with Gasteiger partial charge in [-0.2, -0.15) is 0 Å². The highest BCUT2D eigenvalue weighted by atomic mass is 35.5. The maximum Gasteiger partial charge on any atom is 0.150 e. The van der Waals surface area contributed by atoms with Crippen LogP contribution >= 0.6 is 11.6 Å². The first-order chi connectivity index (χ1) is 8.13. The first kappa shape index (κ1) is 12.4. The third-order valence-corrected chi connectivity index (χ3v) is 3.62. The summed E-state index contributed by atoms with van der Waals surface area (Å²) in [5.74, 6) is 0. The Morgan fingerprint density at radius 2 is 2.29 bits per heavy atom. The van der Waals surface area contributed by atoms with E-state index in [1.165, 1.54) is 0 Å². The number of anilines is 1. The molecule has 3 nitrogen and oxygen atoms in total. The van der Waals surface area contributed by atoms with Crippen molar-refractivity contribution in [2.75, 3.05) is 18.6 Å². The van der Waals surface area contributed by atoms with Crippen molar-refractivity contribution in [2.24, 2.45) is 0 Å². The first-order valence-electron chi connectivity index (χ1n) is 5.72. The van der Waals surface area contributed by atoms with Crippen molar-refractivity contribution in [1.29, 1.82) is 0 Å². The Bertz CT molecular complexity index is 422. The van der Waals surface area contributed by atoms with Gasteiger partial charge in [-0.25, -0.2) is 0 Å². The highest BCUT2D eigenvalue weighted by Gasteiger charge is 2.28. The Morgan fingerprint density at radius 1 is 1.53 bits per heavy atom. The number of carbonyl (C=O) groups is 1. The zero-order valence-corrected chi connectivity index (χ0v) is 10.8. The number of nitrogens with zero attached hydrogens (tertiary/aromatic N) is 1. The van der Waals surface area contributed by atoms with E-state index >= 15 is 0 Å². The Morgan fingerprint density at radius 3 is 2.82 bits per heavy atom. The number of hydrogen-bond acceptors (Lipinski definition) is 3. The van der Waals surface area contributed by atoms with Crippen molar-refractivity contribution in [2.45, 2.75) is 25.5 Å². The Hall–Kier alpha value is -1.06. The van der Waals surface area contributed by atoms with Crippen LogP contribution in [0.15, 0.2) is 18.2 Å². The summed E-state index contributed by atoms with van der Waals surface area (Å²) >= 11 is 6.19. The van der Waals surface area contributed by atoms with Crippen molar-refractivity contribution in [3.63, 3.8) is 0 Å². The van der Waals surface area contributed by atoms with Crippen molar-refractivity contribution in [1.82, 2.24) is 0 Å². The zero-order chi connectivity index (χ0) is 12.4. The fourth-order valence-electron chi connectivity index (χ4n) is 2.29. The van der Waals surface area contributed by atoms with Gasteiger partial charge in [-0.15, -0.1) is 0 Å². The molecule has 0 bridgehead atoms. The minimum absolute atomic E-state index is 0.210. The third-order valence-electron chi connectivity index (χ3n) is 3.32. The lowest BCUT2D eigenvalue weighted by molar-refractivity contribution is 0.112. The lowest BCUT2D eigenvalue weighted by Gasteiger charge is -2.29. The fourth-order valence-corrected chi connectivity index (χ4v) is 2.61. The predicted octanol–water partition coefficient (Wildman–Crippen LogP) is 2.77. The van der Waals surface area contributed by atoms with Gasteiger partial charge in [0.2, 0.25) is 0 Å². The van der Waals surface area contributed by atoms with Gasteiger partial charge in [0.15, 0.2) is 0 Å². The maximum absolute atomic E-state index is 10.7. The molecule has 0 N–H and O–H groups in total. The van der Waals surface area contributed by atoms with Crippen LogP contribution in [-0.2, 0) is 4.74 Å². The molecule has 0 amide bonds. The Balaban J connectivity index is 2.24. The molecule has 2 rings (SSSR count). The molecule has 92 valence electrons. The summed E-state index contributed by atoms with van der Waals surface area (Å²) < 4.78 is 5.55. The summed E-state index contributed by atoms with van der Waals surface area (Å²) in [7, 11) is 2.01. The van der Waals surface area contributed by atoms with Crippen LogP contribution in [0.25, 0.3) is 0 Å². The van der Waals surface area contributed by atoms with E-state index in [4.69, 9.17) is 16.3 Å². The molecule has 1 saturated heterocycles.